The molecule has 8 aromatic carbocycles. The van der Waals surface area contributed by atoms with E-state index in [1.807, 2.05) is 88.1 Å². The first-order valence-electron chi connectivity index (χ1n) is 20.0. The van der Waals surface area contributed by atoms with Crippen LogP contribution >= 0.6 is 36.6 Å². The van der Waals surface area contributed by atoms with Gasteiger partial charge < -0.3 is 14.9 Å². The van der Waals surface area contributed by atoms with E-state index in [0.717, 1.165) is 90.3 Å². The number of hydrogen-bond donors (Lipinski definition) is 0. The van der Waals surface area contributed by atoms with Crippen molar-refractivity contribution in [2.75, 3.05) is 9.34 Å². The minimum atomic E-state index is -1.96. The molecular formula is C54H44IIrN2O4P2+2. The molecule has 0 saturated carbocycles. The average molecular weight is 1170 g/mol. The molecule has 0 amide bonds. The molecule has 10 heteroatoms. The van der Waals surface area contributed by atoms with Gasteiger partial charge in [0, 0.05) is 44.5 Å². The Labute approximate surface area is 400 Å². The molecule has 0 spiro atoms. The summed E-state index contributed by atoms with van der Waals surface area (Å²) in [5.74, 6) is 3.40. The van der Waals surface area contributed by atoms with Crippen molar-refractivity contribution in [3.8, 4) is 45.3 Å². The number of fused-ring (bicyclic) bond motifs is 10. The summed E-state index contributed by atoms with van der Waals surface area (Å²) < 4.78 is 31.0. The van der Waals surface area contributed by atoms with E-state index in [1.54, 1.807) is 0 Å². The van der Waals surface area contributed by atoms with Crippen molar-refractivity contribution in [1.82, 2.24) is 0 Å². The molecule has 4 aliphatic heterocycles. The van der Waals surface area contributed by atoms with Gasteiger partial charge in [-0.3, -0.25) is 18.1 Å². The van der Waals surface area contributed by atoms with Crippen molar-refractivity contribution in [1.29, 1.82) is 0 Å². The van der Waals surface area contributed by atoms with Crippen LogP contribution in [0.1, 0.15) is 22.3 Å². The monoisotopic (exact) mass is 1170 g/mol. The summed E-state index contributed by atoms with van der Waals surface area (Å²) in [5.41, 5.74) is 13.2. The zero-order valence-electron chi connectivity index (χ0n) is 35.0. The fraction of sp³-hybridized carbons (Fsp3) is 0. The van der Waals surface area contributed by atoms with Crippen LogP contribution in [-0.2, 0) is 15.3 Å². The number of hydrogen-bond acceptors (Lipinski definition) is 6. The van der Waals surface area contributed by atoms with Crippen LogP contribution in [-0.4, -0.2) is 0 Å². The van der Waals surface area contributed by atoms with Gasteiger partial charge in [0.05, 0.1) is 22.7 Å². The van der Waals surface area contributed by atoms with Crippen molar-refractivity contribution in [2.45, 2.75) is 0 Å². The molecular weight excluding hydrogens is 1120 g/mol. The second kappa shape index (κ2) is 20.4. The normalized spacial score (nSPS) is 13.4. The first-order valence-corrected chi connectivity index (χ1v) is 29.4. The van der Waals surface area contributed by atoms with Crippen molar-refractivity contribution in [2.24, 2.45) is 0 Å². The molecule has 4 heterocycles. The van der Waals surface area contributed by atoms with Gasteiger partial charge in [-0.2, -0.15) is 9.34 Å². The summed E-state index contributed by atoms with van der Waals surface area (Å²) in [6.07, 6.45) is 8.65. The zero-order valence-corrected chi connectivity index (χ0v) is 41.6. The van der Waals surface area contributed by atoms with Crippen LogP contribution in [0.5, 0.6) is 23.0 Å². The Morgan fingerprint density at radius 1 is 0.297 bits per heavy atom. The number of rotatable bonds is 2. The summed E-state index contributed by atoms with van der Waals surface area (Å²) in [7, 11) is -3.92. The summed E-state index contributed by atoms with van der Waals surface area (Å²) in [5, 5.41) is 0. The molecule has 0 unspecified atom stereocenters. The number of nitrogens with zero attached hydrogens (tertiary/aromatic N) is 2. The van der Waals surface area contributed by atoms with Gasteiger partial charge in [-0.25, -0.2) is 0 Å². The van der Waals surface area contributed by atoms with E-state index in [9.17, 15) is 0 Å². The number of anilines is 4. The van der Waals surface area contributed by atoms with Crippen LogP contribution in [0, 0.1) is 14.9 Å². The molecule has 0 aromatic heterocycles. The third-order valence-electron chi connectivity index (χ3n) is 10.9. The molecule has 0 bridgehead atoms. The van der Waals surface area contributed by atoms with Gasteiger partial charge in [0.1, 0.15) is 0 Å². The Bertz CT molecular complexity index is 2590. The Morgan fingerprint density at radius 2 is 0.500 bits per heavy atom. The summed E-state index contributed by atoms with van der Waals surface area (Å²) >= 11 is 4.12. The summed E-state index contributed by atoms with van der Waals surface area (Å²) in [4.78, 5) is 0. The fourth-order valence-electron chi connectivity index (χ4n) is 8.05. The fourth-order valence-corrected chi connectivity index (χ4v) is 11.6. The van der Waals surface area contributed by atoms with Crippen LogP contribution in [0.3, 0.4) is 0 Å². The Morgan fingerprint density at radius 3 is 0.750 bits per heavy atom. The molecule has 6 nitrogen and oxygen atoms in total. The van der Waals surface area contributed by atoms with Crippen LogP contribution in [0.15, 0.2) is 194 Å². The molecule has 0 fully saturated rings. The van der Waals surface area contributed by atoms with Crippen LogP contribution in [0.25, 0.3) is 46.6 Å². The van der Waals surface area contributed by atoms with Crippen molar-refractivity contribution in [3.63, 3.8) is 0 Å². The van der Waals surface area contributed by atoms with Crippen molar-refractivity contribution in [3.05, 3.63) is 231 Å². The number of halogens is 1. The quantitative estimate of drug-likeness (QED) is 0.0976. The van der Waals surface area contributed by atoms with Gasteiger partial charge in [0.2, 0.25) is 0 Å². The summed E-state index contributed by atoms with van der Waals surface area (Å²) in [6, 6.07) is 66.2. The van der Waals surface area contributed by atoms with Gasteiger partial charge in [-0.05, 0) is 48.5 Å². The second-order valence-electron chi connectivity index (χ2n) is 14.5. The third-order valence-corrected chi connectivity index (χ3v) is 14.2. The maximum absolute atomic E-state index is 6.63. The van der Waals surface area contributed by atoms with Gasteiger partial charge in [0.25, 0.3) is 0 Å². The van der Waals surface area contributed by atoms with E-state index < -0.39 is 17.1 Å². The Balaban J connectivity index is 0.000000164. The van der Waals surface area contributed by atoms with E-state index in [0.29, 0.717) is 0 Å². The molecule has 0 saturated heterocycles. The van der Waals surface area contributed by atoms with Gasteiger partial charge >= 0.3 is 52.0 Å². The van der Waals surface area contributed by atoms with Gasteiger partial charge in [0.15, 0.2) is 23.0 Å². The van der Waals surface area contributed by atoms with Crippen LogP contribution < -0.4 is 27.4 Å². The van der Waals surface area contributed by atoms with E-state index in [-0.39, 0.29) is 14.9 Å². The SMILES string of the molecule is C1=Cc2ccccc2N([PH+]2Oc3ccccc3-c3ccccc3O2)c2ccccc21.C1=Cc2ccccc2N([PH+]2Oc3ccccc3-c3ccccc3O2)c2ccccc21.[CH3-].[CH3-].[I][Ir+2]. The zero-order chi connectivity index (χ0) is 41.8. The standard InChI is InChI=1S/2C26H18NO2P.2CH3.HI.Ir/c2*1-5-13-23-19(9-1)17-18-20-10-2-6-14-24(20)27(23)30-28-25-15-7-3-11-21(25)22-12-4-8-16-26(22)29-30;;;;/h2*1-18H;2*1H3;1H;/q;;2*-1;;+3/p+1. The molecule has 0 aliphatic carbocycles. The van der Waals surface area contributed by atoms with Crippen molar-refractivity contribution >= 4 is 83.7 Å². The van der Waals surface area contributed by atoms with E-state index in [2.05, 4.69) is 175 Å². The third kappa shape index (κ3) is 8.74. The second-order valence-corrected chi connectivity index (χ2v) is 17.3. The van der Waals surface area contributed by atoms with Gasteiger partial charge in [-0.15, -0.1) is 0 Å². The van der Waals surface area contributed by atoms with Gasteiger partial charge in [-0.1, -0.05) is 170 Å². The molecule has 0 radical (unpaired) electrons. The van der Waals surface area contributed by atoms with E-state index in [1.165, 1.54) is 0 Å². The first kappa shape index (κ1) is 44.9. The molecule has 4 aliphatic rings. The first-order chi connectivity index (χ1) is 30.8. The topological polar surface area (TPSA) is 43.4 Å². The molecule has 0 N–H and O–H groups in total. The predicted molar refractivity (Wildman–Crippen MR) is 278 cm³/mol. The molecule has 0 atom stereocenters. The molecule has 64 heavy (non-hydrogen) atoms. The predicted octanol–water partition coefficient (Wildman–Crippen LogP) is 16.6. The maximum atomic E-state index is 6.63. The van der Waals surface area contributed by atoms with Crippen molar-refractivity contribution < 1.29 is 33.4 Å². The molecule has 8 aromatic rings. The Kier molecular flexibility index (Phi) is 14.3. The Hall–Kier alpha value is -5.72. The minimum absolute atomic E-state index is 0. The molecule has 12 rings (SSSR count). The van der Waals surface area contributed by atoms with E-state index >= 15 is 0 Å². The molecule has 318 valence electrons. The number of para-hydroxylation sites is 8. The summed E-state index contributed by atoms with van der Waals surface area (Å²) in [6.45, 7) is 0. The number of benzene rings is 8. The van der Waals surface area contributed by atoms with E-state index in [4.69, 9.17) is 18.1 Å². The van der Waals surface area contributed by atoms with Crippen LogP contribution in [0.4, 0.5) is 22.7 Å². The van der Waals surface area contributed by atoms with Crippen LogP contribution in [0.2, 0.25) is 0 Å². The average Bonchev–Trinajstić information content (AvgIpc) is 3.77.